The number of hydrazone groups is 1. The molecule has 2 amide bonds. The first-order valence-electron chi connectivity index (χ1n) is 9.34. The van der Waals surface area contributed by atoms with E-state index >= 15 is 0 Å². The van der Waals surface area contributed by atoms with Gasteiger partial charge in [-0.25, -0.2) is 4.79 Å². The summed E-state index contributed by atoms with van der Waals surface area (Å²) in [6.07, 6.45) is 1.17. The van der Waals surface area contributed by atoms with Gasteiger partial charge in [0, 0.05) is 28.8 Å². The number of rotatable bonds is 9. The van der Waals surface area contributed by atoms with E-state index in [1.165, 1.54) is 18.5 Å². The van der Waals surface area contributed by atoms with Crippen molar-refractivity contribution in [3.05, 3.63) is 52.5 Å². The standard InChI is InChI=1S/C20H20ClN5O6/c21-14-7-17-16(31-10-32-17)6-12(14)5-15(20(29)30)26-18(27)8-23-19(28)11-2-1-3-13(4-11)24-9-25-22/h1-4,6-7,9,15H,5,8,10,22H2,(H,23,28)(H,24,25)(H,26,27)(H,29,30). The van der Waals surface area contributed by atoms with Crippen LogP contribution in [0.1, 0.15) is 15.9 Å². The second kappa shape index (κ2) is 10.4. The molecule has 2 aromatic carbocycles. The largest absolute Gasteiger partial charge is 0.480 e. The van der Waals surface area contributed by atoms with Crippen LogP contribution < -0.4 is 31.3 Å². The van der Waals surface area contributed by atoms with Gasteiger partial charge in [-0.2, -0.15) is 5.10 Å². The van der Waals surface area contributed by atoms with E-state index in [1.807, 2.05) is 0 Å². The molecule has 0 radical (unpaired) electrons. The molecule has 0 aromatic heterocycles. The van der Waals surface area contributed by atoms with E-state index < -0.39 is 30.4 Å². The van der Waals surface area contributed by atoms with Crippen molar-refractivity contribution in [1.82, 2.24) is 10.6 Å². The van der Waals surface area contributed by atoms with Crippen LogP contribution in [0, 0.1) is 0 Å². The van der Waals surface area contributed by atoms with Crippen molar-refractivity contribution >= 4 is 41.4 Å². The molecule has 3 rings (SSSR count). The van der Waals surface area contributed by atoms with E-state index in [1.54, 1.807) is 24.3 Å². The maximum absolute atomic E-state index is 12.3. The fourth-order valence-corrected chi connectivity index (χ4v) is 3.14. The number of anilines is 1. The lowest BCUT2D eigenvalue weighted by atomic mass is 10.0. The number of aliphatic carboxylic acids is 1. The summed E-state index contributed by atoms with van der Waals surface area (Å²) in [5, 5.41) is 20.7. The van der Waals surface area contributed by atoms with E-state index in [9.17, 15) is 19.5 Å². The zero-order valence-corrected chi connectivity index (χ0v) is 17.4. The lowest BCUT2D eigenvalue weighted by Crippen LogP contribution is -2.46. The molecule has 32 heavy (non-hydrogen) atoms. The Labute approximate surface area is 187 Å². The third-order valence-corrected chi connectivity index (χ3v) is 4.79. The number of hydrogen-bond acceptors (Lipinski definition) is 7. The van der Waals surface area contributed by atoms with Crippen LogP contribution >= 0.6 is 11.6 Å². The predicted octanol–water partition coefficient (Wildman–Crippen LogP) is 0.925. The van der Waals surface area contributed by atoms with Crippen LogP contribution in [0.4, 0.5) is 5.69 Å². The number of fused-ring (bicyclic) bond motifs is 1. The summed E-state index contributed by atoms with van der Waals surface area (Å²) >= 11 is 6.19. The highest BCUT2D eigenvalue weighted by molar-refractivity contribution is 6.31. The summed E-state index contributed by atoms with van der Waals surface area (Å²) in [4.78, 5) is 36.2. The van der Waals surface area contributed by atoms with Crippen molar-refractivity contribution in [2.45, 2.75) is 12.5 Å². The maximum Gasteiger partial charge on any atom is 0.326 e. The molecule has 11 nitrogen and oxygen atoms in total. The SMILES string of the molecule is NN=CNc1cccc(C(=O)NCC(=O)NC(Cc2cc3c(cc2Cl)OCO3)C(=O)O)c1. The first-order valence-corrected chi connectivity index (χ1v) is 9.72. The van der Waals surface area contributed by atoms with Crippen molar-refractivity contribution in [2.24, 2.45) is 10.9 Å². The van der Waals surface area contributed by atoms with Crippen LogP contribution in [0.3, 0.4) is 0 Å². The molecule has 6 N–H and O–H groups in total. The zero-order chi connectivity index (χ0) is 23.1. The Morgan fingerprint density at radius 3 is 2.69 bits per heavy atom. The fraction of sp³-hybridized carbons (Fsp3) is 0.200. The van der Waals surface area contributed by atoms with Gasteiger partial charge in [0.25, 0.3) is 5.91 Å². The average molecular weight is 462 g/mol. The third-order valence-electron chi connectivity index (χ3n) is 4.44. The summed E-state index contributed by atoms with van der Waals surface area (Å²) in [5.74, 6) is 3.49. The van der Waals surface area contributed by atoms with Crippen LogP contribution in [-0.4, -0.2) is 48.6 Å². The zero-order valence-electron chi connectivity index (χ0n) is 16.6. The molecule has 1 unspecified atom stereocenters. The highest BCUT2D eigenvalue weighted by Crippen LogP contribution is 2.37. The van der Waals surface area contributed by atoms with Gasteiger partial charge in [-0.15, -0.1) is 0 Å². The predicted molar refractivity (Wildman–Crippen MR) is 116 cm³/mol. The van der Waals surface area contributed by atoms with E-state index in [2.05, 4.69) is 21.1 Å². The second-order valence-corrected chi connectivity index (χ2v) is 7.05. The van der Waals surface area contributed by atoms with Crippen molar-refractivity contribution in [2.75, 3.05) is 18.7 Å². The van der Waals surface area contributed by atoms with Gasteiger partial charge < -0.3 is 36.4 Å². The van der Waals surface area contributed by atoms with Gasteiger partial charge in [-0.1, -0.05) is 17.7 Å². The Morgan fingerprint density at radius 2 is 1.97 bits per heavy atom. The van der Waals surface area contributed by atoms with Gasteiger partial charge >= 0.3 is 5.97 Å². The number of carbonyl (C=O) groups excluding carboxylic acids is 2. The normalized spacial score (nSPS) is 12.9. The average Bonchev–Trinajstić information content (AvgIpc) is 3.22. The topological polar surface area (TPSA) is 164 Å². The number of hydrogen-bond donors (Lipinski definition) is 5. The molecule has 1 aliphatic rings. The van der Waals surface area contributed by atoms with Gasteiger partial charge in [0.05, 0.1) is 6.54 Å². The number of nitrogens with two attached hydrogens (primary N) is 1. The Bertz CT molecular complexity index is 1060. The first-order chi connectivity index (χ1) is 15.4. The lowest BCUT2D eigenvalue weighted by Gasteiger charge is -2.16. The molecule has 1 heterocycles. The number of carboxylic acids is 1. The van der Waals surface area contributed by atoms with Crippen molar-refractivity contribution in [1.29, 1.82) is 0 Å². The number of benzene rings is 2. The van der Waals surface area contributed by atoms with Crippen LogP contribution in [-0.2, 0) is 16.0 Å². The Morgan fingerprint density at radius 1 is 1.22 bits per heavy atom. The number of carboxylic acid groups (broad SMARTS) is 1. The molecule has 0 saturated carbocycles. The summed E-state index contributed by atoms with van der Waals surface area (Å²) in [7, 11) is 0. The lowest BCUT2D eigenvalue weighted by molar-refractivity contribution is -0.141. The van der Waals surface area contributed by atoms with Crippen LogP contribution in [0.2, 0.25) is 5.02 Å². The number of nitrogens with zero attached hydrogens (tertiary/aromatic N) is 1. The van der Waals surface area contributed by atoms with Gasteiger partial charge in [-0.05, 0) is 29.8 Å². The number of carbonyl (C=O) groups is 3. The van der Waals surface area contributed by atoms with Gasteiger partial charge in [-0.3, -0.25) is 9.59 Å². The van der Waals surface area contributed by atoms with Crippen molar-refractivity contribution in [3.8, 4) is 11.5 Å². The third kappa shape index (κ3) is 5.79. The molecule has 1 atom stereocenters. The Hall–Kier alpha value is -3.99. The van der Waals surface area contributed by atoms with Gasteiger partial charge in [0.15, 0.2) is 11.5 Å². The molecule has 1 aliphatic heterocycles. The van der Waals surface area contributed by atoms with E-state index in [-0.39, 0.29) is 23.8 Å². The molecular formula is C20H20ClN5O6. The Balaban J connectivity index is 1.58. The summed E-state index contributed by atoms with van der Waals surface area (Å²) in [6, 6.07) is 8.27. The molecule has 12 heteroatoms. The Kier molecular flexibility index (Phi) is 7.34. The van der Waals surface area contributed by atoms with E-state index in [0.717, 1.165) is 0 Å². The maximum atomic E-state index is 12.3. The molecule has 0 bridgehead atoms. The molecular weight excluding hydrogens is 442 g/mol. The number of amides is 2. The molecule has 0 aliphatic carbocycles. The second-order valence-electron chi connectivity index (χ2n) is 6.65. The number of nitrogens with one attached hydrogen (secondary N) is 3. The van der Waals surface area contributed by atoms with Crippen molar-refractivity contribution < 1.29 is 29.0 Å². The molecule has 2 aromatic rings. The molecule has 0 saturated heterocycles. The quantitative estimate of drug-likeness (QED) is 0.159. The number of halogens is 1. The minimum atomic E-state index is -1.26. The number of ether oxygens (including phenoxy) is 2. The van der Waals surface area contributed by atoms with Crippen LogP contribution in [0.15, 0.2) is 41.5 Å². The molecule has 168 valence electrons. The smallest absolute Gasteiger partial charge is 0.326 e. The minimum Gasteiger partial charge on any atom is -0.480 e. The van der Waals surface area contributed by atoms with Crippen LogP contribution in [0.25, 0.3) is 0 Å². The fourth-order valence-electron chi connectivity index (χ4n) is 2.91. The highest BCUT2D eigenvalue weighted by Gasteiger charge is 2.24. The van der Waals surface area contributed by atoms with E-state index in [0.29, 0.717) is 22.7 Å². The molecule has 0 fully saturated rings. The minimum absolute atomic E-state index is 0.0491. The van der Waals surface area contributed by atoms with Crippen LogP contribution in [0.5, 0.6) is 11.5 Å². The monoisotopic (exact) mass is 461 g/mol. The molecule has 0 spiro atoms. The summed E-state index contributed by atoms with van der Waals surface area (Å²) in [5.41, 5.74) is 1.33. The highest BCUT2D eigenvalue weighted by atomic mass is 35.5. The van der Waals surface area contributed by atoms with Gasteiger partial charge in [0.1, 0.15) is 12.4 Å². The summed E-state index contributed by atoms with van der Waals surface area (Å²) < 4.78 is 10.5. The van der Waals surface area contributed by atoms with E-state index in [4.69, 9.17) is 26.9 Å². The van der Waals surface area contributed by atoms with Gasteiger partial charge in [0.2, 0.25) is 12.7 Å². The van der Waals surface area contributed by atoms with Crippen molar-refractivity contribution in [3.63, 3.8) is 0 Å². The first kappa shape index (κ1) is 22.7. The summed E-state index contributed by atoms with van der Waals surface area (Å²) in [6.45, 7) is -0.368.